The van der Waals surface area contributed by atoms with Gasteiger partial charge >= 0.3 is 0 Å². The molecule has 0 saturated heterocycles. The molecule has 0 amide bonds. The van der Waals surface area contributed by atoms with E-state index in [9.17, 15) is 0 Å². The molecule has 0 atom stereocenters. The van der Waals surface area contributed by atoms with Crippen LogP contribution in [0, 0.1) is 0 Å². The van der Waals surface area contributed by atoms with E-state index in [-0.39, 0.29) is 35.1 Å². The normalized spacial score (nSPS) is 14.6. The minimum absolute atomic E-state index is 0.0186. The van der Waals surface area contributed by atoms with Gasteiger partial charge in [-0.25, -0.2) is 0 Å². The van der Waals surface area contributed by atoms with Gasteiger partial charge in [0.15, 0.2) is 0 Å². The molecule has 0 aliphatic carbocycles. The zero-order valence-corrected chi connectivity index (χ0v) is 42.3. The highest BCUT2D eigenvalue weighted by Gasteiger charge is 2.50. The first kappa shape index (κ1) is 41.3. The van der Waals surface area contributed by atoms with Gasteiger partial charge in [0.25, 0.3) is 13.4 Å². The van der Waals surface area contributed by atoms with Crippen LogP contribution in [-0.2, 0) is 21.7 Å². The van der Waals surface area contributed by atoms with Crippen LogP contribution in [0.3, 0.4) is 0 Å². The first-order valence-electron chi connectivity index (χ1n) is 25.3. The second-order valence-corrected chi connectivity index (χ2v) is 25.0. The van der Waals surface area contributed by atoms with Crippen LogP contribution in [0.1, 0.15) is 105 Å². The Hall–Kier alpha value is -6.71. The maximum atomic E-state index is 2.70. The molecule has 0 radical (unpaired) electrons. The van der Waals surface area contributed by atoms with Gasteiger partial charge in [0.05, 0.1) is 11.0 Å². The number of hydrogen-bond donors (Lipinski definition) is 0. The van der Waals surface area contributed by atoms with Crippen molar-refractivity contribution in [2.45, 2.75) is 105 Å². The molecule has 0 spiro atoms. The summed E-state index contributed by atoms with van der Waals surface area (Å²) in [6.45, 7) is 28.4. The smallest absolute Gasteiger partial charge is 0.252 e. The van der Waals surface area contributed by atoms with E-state index >= 15 is 0 Å². The first-order chi connectivity index (χ1) is 32.8. The van der Waals surface area contributed by atoms with E-state index in [1.165, 1.54) is 138 Å². The SMILES string of the molecule is CC(C)(C)c1ccc2c(c1)c1cc(C(C)(C)C)cc3c1n2-c1cccc2c1B3c1cc(-c3ccccc3)cc3c1N2c1cccc2c1B3c1cc(C(C)(C)C)cc3c4cc(C(C)(C)C)ccc4n-2c13. The van der Waals surface area contributed by atoms with Gasteiger partial charge in [0, 0.05) is 61.0 Å². The Morgan fingerprint density at radius 2 is 0.739 bits per heavy atom. The third-order valence-corrected chi connectivity index (χ3v) is 16.7. The third kappa shape index (κ3) is 5.42. The maximum Gasteiger partial charge on any atom is 0.252 e. The van der Waals surface area contributed by atoms with Crippen molar-refractivity contribution in [3.8, 4) is 22.5 Å². The van der Waals surface area contributed by atoms with Crippen molar-refractivity contribution in [2.75, 3.05) is 4.90 Å². The predicted octanol–water partition coefficient (Wildman–Crippen LogP) is 12.5. The van der Waals surface area contributed by atoms with E-state index in [1.54, 1.807) is 0 Å². The standard InChI is InChI=1S/C64H59B2N3/c1-61(2,3)38-24-26-50-42(30-38)44-32-40(63(7,8)9)34-48-58(44)67(50)52-20-16-22-54-56(52)65(48)46-28-37(36-18-14-13-15-19-36)29-47-60(46)69(54)55-23-17-21-53-57(55)66(47)49-35-41(64(10,11)12)33-45-43-31-39(62(4,5)6)25-27-51(43)68(53)59(45)49/h13-35H,1-12H3. The minimum atomic E-state index is -0.0560. The van der Waals surface area contributed by atoms with Gasteiger partial charge in [-0.05, 0) is 148 Å². The summed E-state index contributed by atoms with van der Waals surface area (Å²) in [5.74, 6) is 0. The topological polar surface area (TPSA) is 13.1 Å². The van der Waals surface area contributed by atoms with Crippen molar-refractivity contribution in [1.29, 1.82) is 0 Å². The van der Waals surface area contributed by atoms with Crippen molar-refractivity contribution in [3.63, 3.8) is 0 Å². The summed E-state index contributed by atoms with van der Waals surface area (Å²) in [5.41, 5.74) is 28.1. The van der Waals surface area contributed by atoms with E-state index in [0.29, 0.717) is 0 Å². The lowest BCUT2D eigenvalue weighted by Gasteiger charge is -2.47. The molecule has 3 nitrogen and oxygen atoms in total. The van der Waals surface area contributed by atoms with Crippen LogP contribution in [-0.4, -0.2) is 22.6 Å². The van der Waals surface area contributed by atoms with Gasteiger partial charge in [-0.2, -0.15) is 0 Å². The molecule has 6 heterocycles. The Kier molecular flexibility index (Phi) is 7.85. The minimum Gasteiger partial charge on any atom is -0.312 e. The number of fused-ring (bicyclic) bond motifs is 14. The van der Waals surface area contributed by atoms with E-state index in [1.807, 2.05) is 0 Å². The molecule has 5 heteroatoms. The Morgan fingerprint density at radius 1 is 0.333 bits per heavy atom. The predicted molar refractivity (Wildman–Crippen MR) is 299 cm³/mol. The van der Waals surface area contributed by atoms with Crippen LogP contribution in [0.25, 0.3) is 66.1 Å². The summed E-state index contributed by atoms with van der Waals surface area (Å²) < 4.78 is 5.26. The summed E-state index contributed by atoms with van der Waals surface area (Å²) in [6, 6.07) is 55.5. The van der Waals surface area contributed by atoms with Crippen molar-refractivity contribution in [2.24, 2.45) is 0 Å². The number of anilines is 3. The molecule has 0 bridgehead atoms. The molecule has 10 aromatic rings. The van der Waals surface area contributed by atoms with E-state index in [2.05, 4.69) is 237 Å². The molecule has 336 valence electrons. The lowest BCUT2D eigenvalue weighted by atomic mass is 9.29. The van der Waals surface area contributed by atoms with Gasteiger partial charge in [-0.15, -0.1) is 0 Å². The molecule has 0 fully saturated rings. The number of benzene rings is 8. The average Bonchev–Trinajstić information content (AvgIpc) is 3.82. The Bertz CT molecular complexity index is 3710. The maximum absolute atomic E-state index is 2.70. The lowest BCUT2D eigenvalue weighted by molar-refractivity contribution is 0.590. The molecule has 0 unspecified atom stereocenters. The first-order valence-corrected chi connectivity index (χ1v) is 25.3. The van der Waals surface area contributed by atoms with Crippen molar-refractivity contribution >= 4 is 107 Å². The summed E-state index contributed by atoms with van der Waals surface area (Å²) in [6.07, 6.45) is 0. The summed E-state index contributed by atoms with van der Waals surface area (Å²) in [4.78, 5) is 2.70. The molecule has 8 aromatic carbocycles. The fourth-order valence-corrected chi connectivity index (χ4v) is 13.1. The van der Waals surface area contributed by atoms with Crippen LogP contribution in [0.2, 0.25) is 0 Å². The zero-order chi connectivity index (χ0) is 47.6. The fraction of sp³-hybridized carbons (Fsp3) is 0.250. The largest absolute Gasteiger partial charge is 0.312 e. The Balaban J connectivity index is 1.16. The molecule has 2 aromatic heterocycles. The van der Waals surface area contributed by atoms with Crippen molar-refractivity contribution in [3.05, 3.63) is 162 Å². The van der Waals surface area contributed by atoms with E-state index in [4.69, 9.17) is 0 Å². The number of nitrogens with zero attached hydrogens (tertiary/aromatic N) is 3. The second kappa shape index (κ2) is 13.1. The zero-order valence-electron chi connectivity index (χ0n) is 42.3. The second-order valence-electron chi connectivity index (χ2n) is 25.0. The van der Waals surface area contributed by atoms with Gasteiger partial charge in [0.1, 0.15) is 0 Å². The molecule has 0 N–H and O–H groups in total. The monoisotopic (exact) mass is 891 g/mol. The van der Waals surface area contributed by atoms with Crippen LogP contribution < -0.4 is 37.7 Å². The molecular formula is C64H59B2N3. The highest BCUT2D eigenvalue weighted by atomic mass is 15.2. The molecule has 4 aliphatic rings. The highest BCUT2D eigenvalue weighted by Crippen LogP contribution is 2.47. The lowest BCUT2D eigenvalue weighted by Crippen LogP contribution is -2.67. The Labute approximate surface area is 408 Å². The quantitative estimate of drug-likeness (QED) is 0.150. The van der Waals surface area contributed by atoms with Gasteiger partial charge in [-0.3, -0.25) is 0 Å². The van der Waals surface area contributed by atoms with Crippen LogP contribution in [0.15, 0.2) is 140 Å². The van der Waals surface area contributed by atoms with E-state index in [0.717, 1.165) is 0 Å². The van der Waals surface area contributed by atoms with Crippen LogP contribution in [0.5, 0.6) is 0 Å². The number of aromatic nitrogens is 2. The van der Waals surface area contributed by atoms with Crippen LogP contribution >= 0.6 is 0 Å². The summed E-state index contributed by atoms with van der Waals surface area (Å²) in [7, 11) is 0. The van der Waals surface area contributed by atoms with Crippen LogP contribution in [0.4, 0.5) is 17.1 Å². The highest BCUT2D eigenvalue weighted by molar-refractivity contribution is 7.04. The number of rotatable bonds is 1. The van der Waals surface area contributed by atoms with Gasteiger partial charge in [0.2, 0.25) is 0 Å². The molecule has 0 saturated carbocycles. The van der Waals surface area contributed by atoms with E-state index < -0.39 is 0 Å². The van der Waals surface area contributed by atoms with Crippen molar-refractivity contribution in [1.82, 2.24) is 9.13 Å². The molecule has 4 aliphatic heterocycles. The van der Waals surface area contributed by atoms with Gasteiger partial charge < -0.3 is 14.0 Å². The third-order valence-electron chi connectivity index (χ3n) is 16.7. The molecular weight excluding hydrogens is 832 g/mol. The summed E-state index contributed by atoms with van der Waals surface area (Å²) in [5, 5.41) is 5.40. The Morgan fingerprint density at radius 3 is 1.16 bits per heavy atom. The van der Waals surface area contributed by atoms with Gasteiger partial charge in [-0.1, -0.05) is 162 Å². The fourth-order valence-electron chi connectivity index (χ4n) is 13.1. The average molecular weight is 892 g/mol. The molecule has 14 rings (SSSR count). The number of hydrogen-bond acceptors (Lipinski definition) is 1. The molecule has 69 heavy (non-hydrogen) atoms. The van der Waals surface area contributed by atoms with Crippen molar-refractivity contribution < 1.29 is 0 Å². The summed E-state index contributed by atoms with van der Waals surface area (Å²) >= 11 is 0.